The average molecular weight is 219 g/mol. The summed E-state index contributed by atoms with van der Waals surface area (Å²) in [6, 6.07) is 6.86. The van der Waals surface area contributed by atoms with Crippen molar-refractivity contribution in [3.05, 3.63) is 35.1 Å². The van der Waals surface area contributed by atoms with Gasteiger partial charge in [0.1, 0.15) is 11.9 Å². The van der Waals surface area contributed by atoms with Crippen molar-refractivity contribution < 1.29 is 4.39 Å². The maximum absolute atomic E-state index is 13.8. The first-order valence-electron chi connectivity index (χ1n) is 5.42. The van der Waals surface area contributed by atoms with Gasteiger partial charge in [-0.15, -0.1) is 0 Å². The van der Waals surface area contributed by atoms with Gasteiger partial charge in [-0.2, -0.15) is 5.26 Å². The van der Waals surface area contributed by atoms with Crippen LogP contribution in [0.2, 0.25) is 0 Å². The Morgan fingerprint density at radius 2 is 2.12 bits per heavy atom. The number of nitrogens with zero attached hydrogens (tertiary/aromatic N) is 2. The minimum absolute atomic E-state index is 0.132. The van der Waals surface area contributed by atoms with Crippen molar-refractivity contribution >= 4 is 0 Å². The molecule has 1 N–H and O–H groups in total. The summed E-state index contributed by atoms with van der Waals surface area (Å²) in [5, 5.41) is 12.0. The van der Waals surface area contributed by atoms with Gasteiger partial charge in [-0.1, -0.05) is 12.1 Å². The van der Waals surface area contributed by atoms with Gasteiger partial charge in [-0.3, -0.25) is 4.90 Å². The second-order valence-corrected chi connectivity index (χ2v) is 3.92. The molecule has 0 radical (unpaired) electrons. The lowest BCUT2D eigenvalue weighted by Gasteiger charge is -2.27. The van der Waals surface area contributed by atoms with Crippen molar-refractivity contribution in [2.45, 2.75) is 6.54 Å². The zero-order chi connectivity index (χ0) is 11.4. The van der Waals surface area contributed by atoms with Crippen LogP contribution in [0.4, 0.5) is 4.39 Å². The number of halogens is 1. The summed E-state index contributed by atoms with van der Waals surface area (Å²) < 4.78 is 13.8. The third kappa shape index (κ3) is 2.38. The molecule has 16 heavy (non-hydrogen) atoms. The molecule has 1 heterocycles. The minimum atomic E-state index is -0.372. The van der Waals surface area contributed by atoms with Crippen LogP contribution in [0.25, 0.3) is 0 Å². The molecule has 0 unspecified atom stereocenters. The molecule has 1 fully saturated rings. The number of hydrogen-bond acceptors (Lipinski definition) is 3. The number of benzene rings is 1. The van der Waals surface area contributed by atoms with Crippen molar-refractivity contribution in [3.8, 4) is 6.07 Å². The van der Waals surface area contributed by atoms with Gasteiger partial charge in [0.05, 0.1) is 5.56 Å². The molecule has 0 amide bonds. The van der Waals surface area contributed by atoms with Crippen LogP contribution in [-0.4, -0.2) is 31.1 Å². The van der Waals surface area contributed by atoms with Crippen LogP contribution in [0.15, 0.2) is 18.2 Å². The maximum Gasteiger partial charge on any atom is 0.145 e. The number of hydrogen-bond donors (Lipinski definition) is 1. The van der Waals surface area contributed by atoms with Crippen LogP contribution < -0.4 is 5.32 Å². The molecule has 0 bridgehead atoms. The van der Waals surface area contributed by atoms with Gasteiger partial charge in [0.2, 0.25) is 0 Å². The van der Waals surface area contributed by atoms with E-state index in [9.17, 15) is 4.39 Å². The Bertz CT molecular complexity index is 405. The van der Waals surface area contributed by atoms with Crippen molar-refractivity contribution in [1.29, 1.82) is 5.26 Å². The molecule has 0 saturated carbocycles. The quantitative estimate of drug-likeness (QED) is 0.809. The third-order valence-corrected chi connectivity index (χ3v) is 2.80. The average Bonchev–Trinajstić information content (AvgIpc) is 2.33. The monoisotopic (exact) mass is 219 g/mol. The second-order valence-electron chi connectivity index (χ2n) is 3.92. The highest BCUT2D eigenvalue weighted by atomic mass is 19.1. The Kier molecular flexibility index (Phi) is 3.50. The van der Waals surface area contributed by atoms with E-state index in [1.54, 1.807) is 12.1 Å². The van der Waals surface area contributed by atoms with E-state index in [0.29, 0.717) is 12.1 Å². The SMILES string of the molecule is N#Cc1cccc(CN2CCNCC2)c1F. The zero-order valence-corrected chi connectivity index (χ0v) is 9.04. The first-order valence-corrected chi connectivity index (χ1v) is 5.42. The van der Waals surface area contributed by atoms with Gasteiger partial charge in [0, 0.05) is 38.3 Å². The predicted octanol–water partition coefficient (Wildman–Crippen LogP) is 1.10. The fourth-order valence-corrected chi connectivity index (χ4v) is 1.90. The minimum Gasteiger partial charge on any atom is -0.314 e. The Hall–Kier alpha value is -1.44. The highest BCUT2D eigenvalue weighted by Gasteiger charge is 2.13. The van der Waals surface area contributed by atoms with Crippen molar-refractivity contribution in [1.82, 2.24) is 10.2 Å². The van der Waals surface area contributed by atoms with Crippen LogP contribution in [0, 0.1) is 17.1 Å². The molecule has 1 aliphatic rings. The molecule has 1 saturated heterocycles. The van der Waals surface area contributed by atoms with E-state index in [1.807, 2.05) is 6.07 Å². The standard InChI is InChI=1S/C12H14FN3/c13-12-10(8-14)2-1-3-11(12)9-16-6-4-15-5-7-16/h1-3,15H,4-7,9H2. The zero-order valence-electron chi connectivity index (χ0n) is 9.04. The van der Waals surface area contributed by atoms with Gasteiger partial charge in [0.15, 0.2) is 0 Å². The molecule has 2 rings (SSSR count). The molecular formula is C12H14FN3. The maximum atomic E-state index is 13.8. The Balaban J connectivity index is 2.12. The first-order chi connectivity index (χ1) is 7.81. The summed E-state index contributed by atoms with van der Waals surface area (Å²) in [4.78, 5) is 2.19. The molecule has 1 aromatic rings. The normalized spacial score (nSPS) is 17.0. The van der Waals surface area contributed by atoms with Crippen LogP contribution in [0.3, 0.4) is 0 Å². The first kappa shape index (κ1) is 11.1. The number of rotatable bonds is 2. The van der Waals surface area contributed by atoms with E-state index in [0.717, 1.165) is 26.2 Å². The summed E-state index contributed by atoms with van der Waals surface area (Å²) in [5.74, 6) is -0.372. The number of nitriles is 1. The largest absolute Gasteiger partial charge is 0.314 e. The van der Waals surface area contributed by atoms with E-state index in [4.69, 9.17) is 5.26 Å². The highest BCUT2D eigenvalue weighted by molar-refractivity contribution is 5.34. The molecular weight excluding hydrogens is 205 g/mol. The summed E-state index contributed by atoms with van der Waals surface area (Å²) >= 11 is 0. The molecule has 4 heteroatoms. The van der Waals surface area contributed by atoms with Crippen LogP contribution >= 0.6 is 0 Å². The third-order valence-electron chi connectivity index (χ3n) is 2.80. The summed E-state index contributed by atoms with van der Waals surface area (Å²) in [6.45, 7) is 4.33. The van der Waals surface area contributed by atoms with E-state index in [2.05, 4.69) is 10.2 Å². The molecule has 1 aliphatic heterocycles. The van der Waals surface area contributed by atoms with Gasteiger partial charge >= 0.3 is 0 Å². The van der Waals surface area contributed by atoms with Crippen LogP contribution in [0.5, 0.6) is 0 Å². The smallest absolute Gasteiger partial charge is 0.145 e. The molecule has 0 spiro atoms. The number of piperazine rings is 1. The molecule has 3 nitrogen and oxygen atoms in total. The Morgan fingerprint density at radius 3 is 2.81 bits per heavy atom. The van der Waals surface area contributed by atoms with Crippen molar-refractivity contribution in [2.75, 3.05) is 26.2 Å². The van der Waals surface area contributed by atoms with Crippen molar-refractivity contribution in [2.24, 2.45) is 0 Å². The van der Waals surface area contributed by atoms with Gasteiger partial charge in [0.25, 0.3) is 0 Å². The van der Waals surface area contributed by atoms with E-state index in [-0.39, 0.29) is 11.4 Å². The summed E-state index contributed by atoms with van der Waals surface area (Å²) in [7, 11) is 0. The molecule has 84 valence electrons. The van der Waals surface area contributed by atoms with Gasteiger partial charge < -0.3 is 5.32 Å². The number of nitrogens with one attached hydrogen (secondary N) is 1. The molecule has 0 atom stereocenters. The van der Waals surface area contributed by atoms with Gasteiger partial charge in [-0.05, 0) is 6.07 Å². The van der Waals surface area contributed by atoms with E-state index >= 15 is 0 Å². The summed E-state index contributed by atoms with van der Waals surface area (Å²) in [5.41, 5.74) is 0.744. The highest BCUT2D eigenvalue weighted by Crippen LogP contribution is 2.14. The Labute approximate surface area is 94.5 Å². The van der Waals surface area contributed by atoms with E-state index < -0.39 is 0 Å². The fraction of sp³-hybridized carbons (Fsp3) is 0.417. The lowest BCUT2D eigenvalue weighted by atomic mass is 10.1. The second kappa shape index (κ2) is 5.06. The predicted molar refractivity (Wildman–Crippen MR) is 59.3 cm³/mol. The van der Waals surface area contributed by atoms with Crippen LogP contribution in [0.1, 0.15) is 11.1 Å². The fourth-order valence-electron chi connectivity index (χ4n) is 1.90. The van der Waals surface area contributed by atoms with E-state index in [1.165, 1.54) is 6.07 Å². The van der Waals surface area contributed by atoms with Crippen molar-refractivity contribution in [3.63, 3.8) is 0 Å². The lowest BCUT2D eigenvalue weighted by molar-refractivity contribution is 0.230. The van der Waals surface area contributed by atoms with Gasteiger partial charge in [-0.25, -0.2) is 4.39 Å². The topological polar surface area (TPSA) is 39.1 Å². The Morgan fingerprint density at radius 1 is 1.38 bits per heavy atom. The van der Waals surface area contributed by atoms with Crippen LogP contribution in [-0.2, 0) is 6.54 Å². The lowest BCUT2D eigenvalue weighted by Crippen LogP contribution is -2.43. The molecule has 0 aliphatic carbocycles. The summed E-state index contributed by atoms with van der Waals surface area (Å²) in [6.07, 6.45) is 0. The molecule has 1 aromatic carbocycles. The molecule has 0 aromatic heterocycles.